The number of hydrogen-bond acceptors (Lipinski definition) is 5. The number of pyridine rings is 1. The molecule has 0 aliphatic carbocycles. The quantitative estimate of drug-likeness (QED) is 0.736. The molecule has 1 saturated heterocycles. The number of aryl methyl sites for hydroxylation is 2. The zero-order chi connectivity index (χ0) is 17.4. The van der Waals surface area contributed by atoms with Gasteiger partial charge in [-0.15, -0.1) is 0 Å². The highest BCUT2D eigenvalue weighted by Gasteiger charge is 2.30. The van der Waals surface area contributed by atoms with Gasteiger partial charge < -0.3 is 4.90 Å². The van der Waals surface area contributed by atoms with Crippen LogP contribution in [0.5, 0.6) is 0 Å². The van der Waals surface area contributed by atoms with E-state index in [2.05, 4.69) is 33.0 Å². The Morgan fingerprint density at radius 3 is 2.64 bits per heavy atom. The first-order valence-electron chi connectivity index (χ1n) is 8.64. The van der Waals surface area contributed by atoms with E-state index in [0.29, 0.717) is 6.04 Å². The SMILES string of the molecule is Cc1cc(N2CCCC2c2cnn(C)c2C)nc(-c2ccncc2)n1. The second-order valence-corrected chi connectivity index (χ2v) is 6.59. The van der Waals surface area contributed by atoms with Gasteiger partial charge in [-0.3, -0.25) is 9.67 Å². The van der Waals surface area contributed by atoms with Crippen molar-refractivity contribution in [2.24, 2.45) is 7.05 Å². The summed E-state index contributed by atoms with van der Waals surface area (Å²) in [5, 5.41) is 4.42. The largest absolute Gasteiger partial charge is 0.349 e. The average molecular weight is 334 g/mol. The van der Waals surface area contributed by atoms with Gasteiger partial charge in [-0.1, -0.05) is 0 Å². The maximum Gasteiger partial charge on any atom is 0.161 e. The van der Waals surface area contributed by atoms with Gasteiger partial charge in [0.25, 0.3) is 0 Å². The second-order valence-electron chi connectivity index (χ2n) is 6.59. The van der Waals surface area contributed by atoms with Crippen LogP contribution in [-0.4, -0.2) is 31.3 Å². The van der Waals surface area contributed by atoms with Crippen molar-refractivity contribution in [3.8, 4) is 11.4 Å². The molecule has 6 heteroatoms. The summed E-state index contributed by atoms with van der Waals surface area (Å²) < 4.78 is 1.94. The Hall–Kier alpha value is -2.76. The topological polar surface area (TPSA) is 59.7 Å². The number of anilines is 1. The normalized spacial score (nSPS) is 17.2. The van der Waals surface area contributed by atoms with E-state index in [-0.39, 0.29) is 0 Å². The van der Waals surface area contributed by atoms with Gasteiger partial charge in [0.2, 0.25) is 0 Å². The zero-order valence-corrected chi connectivity index (χ0v) is 14.8. The second kappa shape index (κ2) is 6.27. The fourth-order valence-corrected chi connectivity index (χ4v) is 3.54. The highest BCUT2D eigenvalue weighted by atomic mass is 15.3. The van der Waals surface area contributed by atoms with Crippen LogP contribution < -0.4 is 4.90 Å². The Balaban J connectivity index is 1.73. The minimum Gasteiger partial charge on any atom is -0.349 e. The molecule has 0 radical (unpaired) electrons. The number of nitrogens with zero attached hydrogens (tertiary/aromatic N) is 6. The van der Waals surface area contributed by atoms with E-state index < -0.39 is 0 Å². The van der Waals surface area contributed by atoms with Gasteiger partial charge in [0.05, 0.1) is 12.2 Å². The zero-order valence-electron chi connectivity index (χ0n) is 14.8. The molecule has 0 aromatic carbocycles. The summed E-state index contributed by atoms with van der Waals surface area (Å²) in [6.45, 7) is 5.16. The Kier molecular flexibility index (Phi) is 3.95. The summed E-state index contributed by atoms with van der Waals surface area (Å²) in [5.41, 5.74) is 4.48. The summed E-state index contributed by atoms with van der Waals surface area (Å²) in [6, 6.07) is 6.30. The molecule has 0 saturated carbocycles. The van der Waals surface area contributed by atoms with Crippen LogP contribution in [0.3, 0.4) is 0 Å². The molecule has 4 rings (SSSR count). The molecule has 1 aliphatic heterocycles. The van der Waals surface area contributed by atoms with Crippen molar-refractivity contribution < 1.29 is 0 Å². The lowest BCUT2D eigenvalue weighted by atomic mass is 10.1. The molecular weight excluding hydrogens is 312 g/mol. The van der Waals surface area contributed by atoms with E-state index in [9.17, 15) is 0 Å². The molecule has 0 N–H and O–H groups in total. The predicted octanol–water partition coefficient (Wildman–Crippen LogP) is 3.23. The van der Waals surface area contributed by atoms with Crippen LogP contribution in [-0.2, 0) is 7.05 Å². The van der Waals surface area contributed by atoms with Gasteiger partial charge in [-0.25, -0.2) is 9.97 Å². The first kappa shape index (κ1) is 15.7. The fraction of sp³-hybridized carbons (Fsp3) is 0.368. The average Bonchev–Trinajstić information content (AvgIpc) is 3.23. The highest BCUT2D eigenvalue weighted by molar-refractivity contribution is 5.58. The standard InChI is InChI=1S/C19H22N6/c1-13-11-18(23-19(22-13)15-6-8-20-9-7-15)25-10-4-5-17(25)16-12-21-24(3)14(16)2/h6-9,11-12,17H,4-5,10H2,1-3H3. The first-order valence-corrected chi connectivity index (χ1v) is 8.64. The van der Waals surface area contributed by atoms with E-state index in [1.807, 2.05) is 37.0 Å². The van der Waals surface area contributed by atoms with Crippen molar-refractivity contribution in [3.05, 3.63) is 53.7 Å². The molecule has 1 fully saturated rings. The predicted molar refractivity (Wildman–Crippen MR) is 97.3 cm³/mol. The van der Waals surface area contributed by atoms with Crippen LogP contribution in [0.15, 0.2) is 36.8 Å². The summed E-state index contributed by atoms with van der Waals surface area (Å²) >= 11 is 0. The summed E-state index contributed by atoms with van der Waals surface area (Å²) in [6.07, 6.45) is 7.83. The third-order valence-electron chi connectivity index (χ3n) is 4.96. The van der Waals surface area contributed by atoms with Crippen LogP contribution >= 0.6 is 0 Å². The van der Waals surface area contributed by atoms with Crippen molar-refractivity contribution in [1.82, 2.24) is 24.7 Å². The molecular formula is C19H22N6. The monoisotopic (exact) mass is 334 g/mol. The van der Waals surface area contributed by atoms with Crippen molar-refractivity contribution in [1.29, 1.82) is 0 Å². The van der Waals surface area contributed by atoms with E-state index in [1.165, 1.54) is 11.3 Å². The van der Waals surface area contributed by atoms with Crippen molar-refractivity contribution in [2.45, 2.75) is 32.7 Å². The first-order chi connectivity index (χ1) is 12.1. The highest BCUT2D eigenvalue weighted by Crippen LogP contribution is 2.37. The number of hydrogen-bond donors (Lipinski definition) is 0. The Morgan fingerprint density at radius 1 is 1.12 bits per heavy atom. The molecule has 128 valence electrons. The van der Waals surface area contributed by atoms with Crippen LogP contribution in [0.1, 0.15) is 35.8 Å². The lowest BCUT2D eigenvalue weighted by molar-refractivity contribution is 0.693. The third-order valence-corrected chi connectivity index (χ3v) is 4.96. The molecule has 3 aromatic rings. The Morgan fingerprint density at radius 2 is 1.92 bits per heavy atom. The molecule has 25 heavy (non-hydrogen) atoms. The van der Waals surface area contributed by atoms with Crippen LogP contribution in [0.25, 0.3) is 11.4 Å². The van der Waals surface area contributed by atoms with Gasteiger partial charge in [0, 0.05) is 54.6 Å². The van der Waals surface area contributed by atoms with E-state index >= 15 is 0 Å². The lowest BCUT2D eigenvalue weighted by Gasteiger charge is -2.26. The van der Waals surface area contributed by atoms with Gasteiger partial charge in [-0.05, 0) is 38.8 Å². The van der Waals surface area contributed by atoms with Gasteiger partial charge in [0.1, 0.15) is 5.82 Å². The maximum absolute atomic E-state index is 4.86. The minimum absolute atomic E-state index is 0.327. The number of rotatable bonds is 3. The van der Waals surface area contributed by atoms with Crippen LogP contribution in [0.2, 0.25) is 0 Å². The van der Waals surface area contributed by atoms with Gasteiger partial charge in [0.15, 0.2) is 5.82 Å². The van der Waals surface area contributed by atoms with Gasteiger partial charge >= 0.3 is 0 Å². The third kappa shape index (κ3) is 2.88. The fourth-order valence-electron chi connectivity index (χ4n) is 3.54. The Bertz CT molecular complexity index is 886. The van der Waals surface area contributed by atoms with Crippen molar-refractivity contribution >= 4 is 5.82 Å². The molecule has 1 unspecified atom stereocenters. The molecule has 0 spiro atoms. The summed E-state index contributed by atoms with van der Waals surface area (Å²) in [5.74, 6) is 1.75. The molecule has 1 atom stereocenters. The Labute approximate surface area is 147 Å². The van der Waals surface area contributed by atoms with Crippen molar-refractivity contribution in [2.75, 3.05) is 11.4 Å². The molecule has 1 aliphatic rings. The summed E-state index contributed by atoms with van der Waals surface area (Å²) in [7, 11) is 1.99. The lowest BCUT2D eigenvalue weighted by Crippen LogP contribution is -2.24. The van der Waals surface area contributed by atoms with E-state index in [0.717, 1.165) is 42.3 Å². The molecule has 3 aromatic heterocycles. The van der Waals surface area contributed by atoms with Crippen LogP contribution in [0.4, 0.5) is 5.82 Å². The summed E-state index contributed by atoms with van der Waals surface area (Å²) in [4.78, 5) is 15.9. The molecule has 0 bridgehead atoms. The van der Waals surface area contributed by atoms with Crippen molar-refractivity contribution in [3.63, 3.8) is 0 Å². The number of aromatic nitrogens is 5. The minimum atomic E-state index is 0.327. The smallest absolute Gasteiger partial charge is 0.161 e. The maximum atomic E-state index is 4.86. The van der Waals surface area contributed by atoms with Gasteiger partial charge in [-0.2, -0.15) is 5.10 Å². The van der Waals surface area contributed by atoms with E-state index in [1.54, 1.807) is 12.4 Å². The van der Waals surface area contributed by atoms with Crippen LogP contribution in [0, 0.1) is 13.8 Å². The molecule has 0 amide bonds. The molecule has 4 heterocycles. The van der Waals surface area contributed by atoms with E-state index in [4.69, 9.17) is 4.98 Å². The molecule has 6 nitrogen and oxygen atoms in total.